The van der Waals surface area contributed by atoms with Gasteiger partial charge in [-0.3, -0.25) is 9.52 Å². The van der Waals surface area contributed by atoms with Crippen LogP contribution in [-0.4, -0.2) is 20.6 Å². The molecule has 0 saturated heterocycles. The number of sulfonamides is 1. The molecule has 0 aliphatic rings. The number of amides is 1. The van der Waals surface area contributed by atoms with Crippen molar-refractivity contribution in [3.8, 4) is 0 Å². The Kier molecular flexibility index (Phi) is 4.41. The Bertz CT molecular complexity index is 694. The maximum atomic E-state index is 11.9. The molecule has 1 aromatic carbocycles. The Balaban J connectivity index is 2.11. The summed E-state index contributed by atoms with van der Waals surface area (Å²) < 4.78 is 24.9. The third-order valence-electron chi connectivity index (χ3n) is 2.41. The summed E-state index contributed by atoms with van der Waals surface area (Å²) in [5, 5.41) is 4.62. The normalized spacial score (nSPS) is 11.1. The Labute approximate surface area is 121 Å². The first-order valence-electron chi connectivity index (χ1n) is 5.83. The lowest BCUT2D eigenvalue weighted by Crippen LogP contribution is -2.17. The number of anilines is 2. The lowest BCUT2D eigenvalue weighted by molar-refractivity contribution is -0.115. The lowest BCUT2D eigenvalue weighted by atomic mass is 10.2. The van der Waals surface area contributed by atoms with E-state index < -0.39 is 10.0 Å². The van der Waals surface area contributed by atoms with E-state index in [-0.39, 0.29) is 12.3 Å². The second-order valence-corrected chi connectivity index (χ2v) is 7.00. The van der Waals surface area contributed by atoms with Crippen LogP contribution in [0.5, 0.6) is 0 Å². The number of thiophene rings is 1. The molecule has 2 aromatic rings. The van der Waals surface area contributed by atoms with Gasteiger partial charge in [0.15, 0.2) is 0 Å². The molecule has 0 radical (unpaired) electrons. The van der Waals surface area contributed by atoms with Crippen molar-refractivity contribution in [2.75, 3.05) is 16.3 Å². The maximum Gasteiger partial charge on any atom is 0.229 e. The standard InChI is InChI=1S/C13H14N2O3S2/c1-20(17,18)15-12-7-3-2-6-11(12)14-13(16)9-10-5-4-8-19-10/h2-8,15H,9H2,1H3,(H,14,16). The largest absolute Gasteiger partial charge is 0.324 e. The number of hydrogen-bond donors (Lipinski definition) is 2. The quantitative estimate of drug-likeness (QED) is 0.890. The van der Waals surface area contributed by atoms with Crippen LogP contribution >= 0.6 is 11.3 Å². The van der Waals surface area contributed by atoms with Gasteiger partial charge >= 0.3 is 0 Å². The van der Waals surface area contributed by atoms with Crippen LogP contribution in [0.2, 0.25) is 0 Å². The van der Waals surface area contributed by atoms with E-state index in [1.807, 2.05) is 17.5 Å². The molecule has 0 bridgehead atoms. The van der Waals surface area contributed by atoms with E-state index in [2.05, 4.69) is 10.0 Å². The fourth-order valence-corrected chi connectivity index (χ4v) is 2.93. The van der Waals surface area contributed by atoms with Gasteiger partial charge in [0.05, 0.1) is 24.1 Å². The SMILES string of the molecule is CS(=O)(=O)Nc1ccccc1NC(=O)Cc1cccs1. The molecule has 2 N–H and O–H groups in total. The van der Waals surface area contributed by atoms with Gasteiger partial charge in [0.2, 0.25) is 15.9 Å². The molecule has 0 spiro atoms. The van der Waals surface area contributed by atoms with E-state index in [1.165, 1.54) is 11.3 Å². The molecule has 2 rings (SSSR count). The molecule has 0 saturated carbocycles. The van der Waals surface area contributed by atoms with Crippen LogP contribution in [0.25, 0.3) is 0 Å². The average molecular weight is 310 g/mol. The number of nitrogens with one attached hydrogen (secondary N) is 2. The van der Waals surface area contributed by atoms with Gasteiger partial charge in [0, 0.05) is 4.88 Å². The molecule has 0 aliphatic carbocycles. The summed E-state index contributed by atoms with van der Waals surface area (Å²) in [4.78, 5) is 12.9. The van der Waals surface area contributed by atoms with Crippen molar-refractivity contribution in [3.63, 3.8) is 0 Å². The molecule has 0 unspecified atom stereocenters. The minimum atomic E-state index is -3.38. The van der Waals surface area contributed by atoms with E-state index in [4.69, 9.17) is 0 Å². The Morgan fingerprint density at radius 3 is 2.45 bits per heavy atom. The molecule has 0 atom stereocenters. The molecule has 1 amide bonds. The summed E-state index contributed by atoms with van der Waals surface area (Å²) in [6, 6.07) is 10.4. The monoisotopic (exact) mass is 310 g/mol. The summed E-state index contributed by atoms with van der Waals surface area (Å²) in [5.74, 6) is -0.185. The molecule has 20 heavy (non-hydrogen) atoms. The Morgan fingerprint density at radius 1 is 1.15 bits per heavy atom. The first kappa shape index (κ1) is 14.5. The Morgan fingerprint density at radius 2 is 1.85 bits per heavy atom. The highest BCUT2D eigenvalue weighted by atomic mass is 32.2. The van der Waals surface area contributed by atoms with Gasteiger partial charge in [-0.2, -0.15) is 0 Å². The fraction of sp³-hybridized carbons (Fsp3) is 0.154. The van der Waals surface area contributed by atoms with Gasteiger partial charge in [0.1, 0.15) is 0 Å². The van der Waals surface area contributed by atoms with Crippen LogP contribution in [0.15, 0.2) is 41.8 Å². The second-order valence-electron chi connectivity index (χ2n) is 4.22. The summed E-state index contributed by atoms with van der Waals surface area (Å²) in [7, 11) is -3.38. The minimum Gasteiger partial charge on any atom is -0.324 e. The predicted octanol–water partition coefficient (Wildman–Crippen LogP) is 2.30. The smallest absolute Gasteiger partial charge is 0.229 e. The maximum absolute atomic E-state index is 11.9. The first-order chi connectivity index (χ1) is 9.44. The number of para-hydroxylation sites is 2. The van der Waals surface area contributed by atoms with E-state index >= 15 is 0 Å². The fourth-order valence-electron chi connectivity index (χ4n) is 1.65. The average Bonchev–Trinajstić information content (AvgIpc) is 2.82. The van der Waals surface area contributed by atoms with Crippen molar-refractivity contribution in [2.45, 2.75) is 6.42 Å². The zero-order valence-corrected chi connectivity index (χ0v) is 12.4. The van der Waals surface area contributed by atoms with Gasteiger partial charge in [0.25, 0.3) is 0 Å². The second kappa shape index (κ2) is 6.06. The molecule has 1 aromatic heterocycles. The van der Waals surface area contributed by atoms with Crippen LogP contribution < -0.4 is 10.0 Å². The third kappa shape index (κ3) is 4.36. The van der Waals surface area contributed by atoms with Crippen molar-refractivity contribution in [3.05, 3.63) is 46.7 Å². The molecule has 1 heterocycles. The highest BCUT2D eigenvalue weighted by molar-refractivity contribution is 7.92. The topological polar surface area (TPSA) is 75.3 Å². The number of benzene rings is 1. The summed E-state index contributed by atoms with van der Waals surface area (Å²) in [6.45, 7) is 0. The third-order valence-corrected chi connectivity index (χ3v) is 3.88. The molecule has 106 valence electrons. The van der Waals surface area contributed by atoms with Gasteiger partial charge < -0.3 is 5.32 Å². The van der Waals surface area contributed by atoms with E-state index in [9.17, 15) is 13.2 Å². The minimum absolute atomic E-state index is 0.185. The number of rotatable bonds is 5. The summed E-state index contributed by atoms with van der Waals surface area (Å²) in [5.41, 5.74) is 0.800. The van der Waals surface area contributed by atoms with Crippen molar-refractivity contribution in [1.82, 2.24) is 0 Å². The lowest BCUT2D eigenvalue weighted by Gasteiger charge is -2.11. The van der Waals surface area contributed by atoms with Crippen molar-refractivity contribution < 1.29 is 13.2 Å². The van der Waals surface area contributed by atoms with E-state index in [0.29, 0.717) is 11.4 Å². The molecule has 0 fully saturated rings. The van der Waals surface area contributed by atoms with Crippen LogP contribution in [-0.2, 0) is 21.2 Å². The molecule has 0 aliphatic heterocycles. The van der Waals surface area contributed by atoms with Gasteiger partial charge in [-0.25, -0.2) is 8.42 Å². The Hall–Kier alpha value is -1.86. The number of carbonyl (C=O) groups excluding carboxylic acids is 1. The van der Waals surface area contributed by atoms with Crippen molar-refractivity contribution >= 4 is 38.6 Å². The number of hydrogen-bond acceptors (Lipinski definition) is 4. The van der Waals surface area contributed by atoms with Crippen LogP contribution in [0.1, 0.15) is 4.88 Å². The molecular weight excluding hydrogens is 296 g/mol. The van der Waals surface area contributed by atoms with E-state index in [0.717, 1.165) is 11.1 Å². The van der Waals surface area contributed by atoms with Gasteiger partial charge in [-0.1, -0.05) is 18.2 Å². The van der Waals surface area contributed by atoms with Crippen molar-refractivity contribution in [2.24, 2.45) is 0 Å². The van der Waals surface area contributed by atoms with Crippen molar-refractivity contribution in [1.29, 1.82) is 0 Å². The van der Waals surface area contributed by atoms with Gasteiger partial charge in [-0.15, -0.1) is 11.3 Å². The molecule has 5 nitrogen and oxygen atoms in total. The van der Waals surface area contributed by atoms with Crippen LogP contribution in [0, 0.1) is 0 Å². The highest BCUT2D eigenvalue weighted by Crippen LogP contribution is 2.22. The van der Waals surface area contributed by atoms with Crippen LogP contribution in [0.4, 0.5) is 11.4 Å². The molecular formula is C13H14N2O3S2. The first-order valence-corrected chi connectivity index (χ1v) is 8.60. The zero-order chi connectivity index (χ0) is 14.6. The summed E-state index contributed by atoms with van der Waals surface area (Å²) >= 11 is 1.50. The summed E-state index contributed by atoms with van der Waals surface area (Å²) in [6.07, 6.45) is 1.34. The predicted molar refractivity (Wildman–Crippen MR) is 81.6 cm³/mol. The van der Waals surface area contributed by atoms with E-state index in [1.54, 1.807) is 24.3 Å². The van der Waals surface area contributed by atoms with Crippen LogP contribution in [0.3, 0.4) is 0 Å². The zero-order valence-electron chi connectivity index (χ0n) is 10.8. The highest BCUT2D eigenvalue weighted by Gasteiger charge is 2.10. The molecule has 7 heteroatoms. The number of carbonyl (C=O) groups is 1. The van der Waals surface area contributed by atoms with Gasteiger partial charge in [-0.05, 0) is 23.6 Å².